The van der Waals surface area contributed by atoms with Crippen molar-refractivity contribution < 1.29 is 9.50 Å². The van der Waals surface area contributed by atoms with Gasteiger partial charge in [0.15, 0.2) is 5.82 Å². The predicted molar refractivity (Wildman–Crippen MR) is 80.1 cm³/mol. The van der Waals surface area contributed by atoms with E-state index < -0.39 is 17.0 Å². The van der Waals surface area contributed by atoms with Crippen LogP contribution in [0.25, 0.3) is 10.9 Å². The van der Waals surface area contributed by atoms with Crippen LogP contribution in [0.1, 0.15) is 27.7 Å². The first-order valence-electron chi connectivity index (χ1n) is 6.47. The molecule has 0 saturated carbocycles. The summed E-state index contributed by atoms with van der Waals surface area (Å²) in [6.07, 6.45) is 1.59. The summed E-state index contributed by atoms with van der Waals surface area (Å²) in [6.45, 7) is 6.95. The lowest BCUT2D eigenvalue weighted by molar-refractivity contribution is 0.0240. The molecule has 0 atom stereocenters. The number of aliphatic hydroxyl groups is 1. The van der Waals surface area contributed by atoms with Crippen molar-refractivity contribution in [3.63, 3.8) is 0 Å². The van der Waals surface area contributed by atoms with Gasteiger partial charge in [-0.1, -0.05) is 0 Å². The first kappa shape index (κ1) is 14.5. The van der Waals surface area contributed by atoms with Gasteiger partial charge in [-0.05, 0) is 45.9 Å². The minimum absolute atomic E-state index is 0.252. The number of nitrogens with one attached hydrogen (secondary N) is 1. The molecule has 0 saturated heterocycles. The van der Waals surface area contributed by atoms with E-state index in [1.165, 1.54) is 6.07 Å². The lowest BCUT2D eigenvalue weighted by atomic mass is 9.85. The molecule has 0 unspecified atom stereocenters. The molecule has 4 nitrogen and oxygen atoms in total. The maximum absolute atomic E-state index is 14.2. The Bertz CT molecular complexity index is 647. The maximum atomic E-state index is 14.2. The summed E-state index contributed by atoms with van der Waals surface area (Å²) in [5.74, 6) is -0.481. The quantitative estimate of drug-likeness (QED) is 0.754. The zero-order chi connectivity index (χ0) is 15.1. The highest BCUT2D eigenvalue weighted by atomic mass is 19.1. The summed E-state index contributed by atoms with van der Waals surface area (Å²) < 4.78 is 14.2. The molecule has 5 heteroatoms. The van der Waals surface area contributed by atoms with E-state index in [1.807, 2.05) is 0 Å². The molecule has 2 rings (SSSR count). The smallest absolute Gasteiger partial charge is 0.150 e. The Morgan fingerprint density at radius 3 is 2.55 bits per heavy atom. The number of hydrogen-bond donors (Lipinski definition) is 3. The second-order valence-corrected chi connectivity index (χ2v) is 6.03. The third-order valence-corrected chi connectivity index (χ3v) is 3.84. The number of benzene rings is 1. The van der Waals surface area contributed by atoms with Crippen LogP contribution in [0.4, 0.5) is 15.8 Å². The van der Waals surface area contributed by atoms with Gasteiger partial charge in [-0.2, -0.15) is 0 Å². The van der Waals surface area contributed by atoms with Crippen LogP contribution in [0.2, 0.25) is 0 Å². The van der Waals surface area contributed by atoms with Crippen LogP contribution < -0.4 is 11.1 Å². The zero-order valence-electron chi connectivity index (χ0n) is 12.2. The van der Waals surface area contributed by atoms with Crippen LogP contribution >= 0.6 is 0 Å². The molecule has 1 aromatic carbocycles. The van der Waals surface area contributed by atoms with Crippen LogP contribution in [0.3, 0.4) is 0 Å². The minimum Gasteiger partial charge on any atom is -0.398 e. The van der Waals surface area contributed by atoms with Gasteiger partial charge < -0.3 is 16.2 Å². The number of rotatable bonds is 3. The Kier molecular flexibility index (Phi) is 3.34. The lowest BCUT2D eigenvalue weighted by Crippen LogP contribution is -2.51. The number of nitrogens with zero attached hydrogens (tertiary/aromatic N) is 1. The Morgan fingerprint density at radius 2 is 1.95 bits per heavy atom. The molecule has 20 heavy (non-hydrogen) atoms. The van der Waals surface area contributed by atoms with E-state index in [-0.39, 0.29) is 5.69 Å². The predicted octanol–water partition coefficient (Wildman–Crippen LogP) is 2.92. The van der Waals surface area contributed by atoms with Crippen molar-refractivity contribution in [2.75, 3.05) is 11.1 Å². The largest absolute Gasteiger partial charge is 0.398 e. The molecule has 0 spiro atoms. The van der Waals surface area contributed by atoms with Gasteiger partial charge >= 0.3 is 0 Å². The van der Waals surface area contributed by atoms with Gasteiger partial charge in [0.05, 0.1) is 22.3 Å². The van der Waals surface area contributed by atoms with Gasteiger partial charge in [0, 0.05) is 17.3 Å². The molecule has 0 aliphatic carbocycles. The fourth-order valence-electron chi connectivity index (χ4n) is 1.82. The van der Waals surface area contributed by atoms with Gasteiger partial charge in [0.25, 0.3) is 0 Å². The SMILES string of the molecule is CC(C)(O)C(C)(C)Nc1c(F)cc(N)c2cccnc12. The number of halogens is 1. The monoisotopic (exact) mass is 277 g/mol. The number of hydrogen-bond acceptors (Lipinski definition) is 4. The molecule has 1 aromatic heterocycles. The highest BCUT2D eigenvalue weighted by Crippen LogP contribution is 2.34. The normalized spacial score (nSPS) is 12.7. The molecular weight excluding hydrogens is 257 g/mol. The van der Waals surface area contributed by atoms with Crippen molar-refractivity contribution in [2.24, 2.45) is 0 Å². The van der Waals surface area contributed by atoms with Crippen LogP contribution in [0, 0.1) is 5.82 Å². The van der Waals surface area contributed by atoms with E-state index in [4.69, 9.17) is 5.73 Å². The molecular formula is C15H20FN3O. The third kappa shape index (κ3) is 2.41. The fourth-order valence-corrected chi connectivity index (χ4v) is 1.82. The molecule has 0 fully saturated rings. The first-order valence-corrected chi connectivity index (χ1v) is 6.47. The third-order valence-electron chi connectivity index (χ3n) is 3.84. The van der Waals surface area contributed by atoms with E-state index in [0.717, 1.165) is 0 Å². The van der Waals surface area contributed by atoms with Gasteiger partial charge in [-0.15, -0.1) is 0 Å². The molecule has 0 aliphatic rings. The summed E-state index contributed by atoms with van der Waals surface area (Å²) in [6, 6.07) is 4.81. The van der Waals surface area contributed by atoms with E-state index in [2.05, 4.69) is 10.3 Å². The fraction of sp³-hybridized carbons (Fsp3) is 0.400. The topological polar surface area (TPSA) is 71.2 Å². The summed E-state index contributed by atoms with van der Waals surface area (Å²) in [5.41, 5.74) is 5.09. The zero-order valence-corrected chi connectivity index (χ0v) is 12.2. The molecule has 4 N–H and O–H groups in total. The molecule has 0 radical (unpaired) electrons. The van der Waals surface area contributed by atoms with Crippen molar-refractivity contribution in [1.82, 2.24) is 4.98 Å². The summed E-state index contributed by atoms with van der Waals surface area (Å²) in [5, 5.41) is 13.9. The van der Waals surface area contributed by atoms with Gasteiger partial charge in [0.2, 0.25) is 0 Å². The average Bonchev–Trinajstić information content (AvgIpc) is 2.33. The lowest BCUT2D eigenvalue weighted by Gasteiger charge is -2.39. The highest BCUT2D eigenvalue weighted by Gasteiger charge is 2.36. The average molecular weight is 277 g/mol. The number of nitrogen functional groups attached to an aromatic ring is 1. The van der Waals surface area contributed by atoms with E-state index in [9.17, 15) is 9.50 Å². The molecule has 1 heterocycles. The Hall–Kier alpha value is -1.88. The standard InChI is InChI=1S/C15H20FN3O/c1-14(2,15(3,4)20)19-13-10(16)8-11(17)9-6-5-7-18-12(9)13/h5-8,19-20H,17H2,1-4H3. The second-order valence-electron chi connectivity index (χ2n) is 6.03. The van der Waals surface area contributed by atoms with E-state index in [0.29, 0.717) is 16.6 Å². The van der Waals surface area contributed by atoms with Crippen molar-refractivity contribution in [3.05, 3.63) is 30.2 Å². The van der Waals surface area contributed by atoms with Crippen molar-refractivity contribution >= 4 is 22.3 Å². The number of pyridine rings is 1. The van der Waals surface area contributed by atoms with E-state index in [1.54, 1.807) is 46.0 Å². The molecule has 0 bridgehead atoms. The molecule has 108 valence electrons. The van der Waals surface area contributed by atoms with Gasteiger partial charge in [-0.3, -0.25) is 4.98 Å². The Morgan fingerprint density at radius 1 is 1.30 bits per heavy atom. The van der Waals surface area contributed by atoms with Crippen LogP contribution in [-0.2, 0) is 0 Å². The van der Waals surface area contributed by atoms with Crippen molar-refractivity contribution in [1.29, 1.82) is 0 Å². The Labute approximate surface area is 117 Å². The minimum atomic E-state index is -1.04. The highest BCUT2D eigenvalue weighted by molar-refractivity contribution is 5.98. The Balaban J connectivity index is 2.61. The number of aromatic nitrogens is 1. The van der Waals surface area contributed by atoms with Gasteiger partial charge in [0.1, 0.15) is 0 Å². The summed E-state index contributed by atoms with van der Waals surface area (Å²) >= 11 is 0. The van der Waals surface area contributed by atoms with E-state index >= 15 is 0 Å². The molecule has 0 amide bonds. The molecule has 2 aromatic rings. The summed E-state index contributed by atoms with van der Waals surface area (Å²) in [4.78, 5) is 4.20. The maximum Gasteiger partial charge on any atom is 0.150 e. The van der Waals surface area contributed by atoms with Crippen molar-refractivity contribution in [2.45, 2.75) is 38.8 Å². The second kappa shape index (κ2) is 4.59. The number of fused-ring (bicyclic) bond motifs is 1. The number of nitrogens with two attached hydrogens (primary N) is 1. The van der Waals surface area contributed by atoms with Crippen molar-refractivity contribution in [3.8, 4) is 0 Å². The number of anilines is 2. The first-order chi connectivity index (χ1) is 9.13. The summed E-state index contributed by atoms with van der Waals surface area (Å²) in [7, 11) is 0. The van der Waals surface area contributed by atoms with Crippen LogP contribution in [0.5, 0.6) is 0 Å². The van der Waals surface area contributed by atoms with Crippen LogP contribution in [0.15, 0.2) is 24.4 Å². The molecule has 0 aliphatic heterocycles. The van der Waals surface area contributed by atoms with Gasteiger partial charge in [-0.25, -0.2) is 4.39 Å². The van der Waals surface area contributed by atoms with Crippen LogP contribution in [-0.4, -0.2) is 21.2 Å².